The molecule has 0 aromatic carbocycles. The second-order valence-electron chi connectivity index (χ2n) is 2.67. The molecule has 1 N–H and O–H groups in total. The number of rotatable bonds is 3. The number of carbonyl (C=O) groups is 1. The van der Waals surface area contributed by atoms with E-state index in [0.717, 1.165) is 0 Å². The van der Waals surface area contributed by atoms with Gasteiger partial charge in [-0.1, -0.05) is 11.3 Å². The first-order valence-electron chi connectivity index (χ1n) is 4.03. The number of nitrogens with zero attached hydrogens (tertiary/aromatic N) is 1. The van der Waals surface area contributed by atoms with E-state index >= 15 is 0 Å². The molecule has 0 aliphatic carbocycles. The molecule has 78 valence electrons. The number of thiazole rings is 1. The standard InChI is InChI=1S/C9H7NO3S2/c1-13-9-10-6(4-15-9)5-2-3-14-7(5)8(11)12/h2-4H,1H3,(H,11,12). The second kappa shape index (κ2) is 4.00. The summed E-state index contributed by atoms with van der Waals surface area (Å²) in [7, 11) is 1.54. The fraction of sp³-hybridized carbons (Fsp3) is 0.111. The Balaban J connectivity index is 2.44. The molecule has 0 fully saturated rings. The highest BCUT2D eigenvalue weighted by molar-refractivity contribution is 7.13. The van der Waals surface area contributed by atoms with Crippen LogP contribution in [0.25, 0.3) is 11.3 Å². The van der Waals surface area contributed by atoms with Gasteiger partial charge < -0.3 is 9.84 Å². The predicted octanol–water partition coefficient (Wildman–Crippen LogP) is 2.58. The number of aromatic carboxylic acids is 1. The number of hydrogen-bond acceptors (Lipinski definition) is 5. The molecule has 0 spiro atoms. The summed E-state index contributed by atoms with van der Waals surface area (Å²) in [6, 6.07) is 1.75. The van der Waals surface area contributed by atoms with Gasteiger partial charge in [0.1, 0.15) is 4.88 Å². The highest BCUT2D eigenvalue weighted by Gasteiger charge is 2.15. The molecule has 2 aromatic heterocycles. The third-order valence-corrected chi connectivity index (χ3v) is 3.50. The first kappa shape index (κ1) is 10.1. The van der Waals surface area contributed by atoms with Crippen molar-refractivity contribution in [3.8, 4) is 16.5 Å². The summed E-state index contributed by atoms with van der Waals surface area (Å²) < 4.78 is 4.96. The molecule has 0 radical (unpaired) electrons. The molecule has 6 heteroatoms. The highest BCUT2D eigenvalue weighted by atomic mass is 32.1. The number of ether oxygens (including phenoxy) is 1. The van der Waals surface area contributed by atoms with Gasteiger partial charge in [0.15, 0.2) is 0 Å². The predicted molar refractivity (Wildman–Crippen MR) is 58.9 cm³/mol. The molecular formula is C9H7NO3S2. The van der Waals surface area contributed by atoms with Gasteiger partial charge in [0.2, 0.25) is 0 Å². The van der Waals surface area contributed by atoms with E-state index < -0.39 is 5.97 Å². The van der Waals surface area contributed by atoms with Crippen molar-refractivity contribution in [2.75, 3.05) is 7.11 Å². The van der Waals surface area contributed by atoms with Crippen molar-refractivity contribution in [3.63, 3.8) is 0 Å². The van der Waals surface area contributed by atoms with Crippen molar-refractivity contribution >= 4 is 28.6 Å². The summed E-state index contributed by atoms with van der Waals surface area (Å²) in [5.74, 6) is -0.924. The zero-order chi connectivity index (χ0) is 10.8. The smallest absolute Gasteiger partial charge is 0.346 e. The minimum atomic E-state index is -0.924. The van der Waals surface area contributed by atoms with Crippen LogP contribution in [0.2, 0.25) is 0 Å². The quantitative estimate of drug-likeness (QED) is 0.897. The highest BCUT2D eigenvalue weighted by Crippen LogP contribution is 2.31. The number of carboxylic acids is 1. The normalized spacial score (nSPS) is 10.2. The SMILES string of the molecule is COc1nc(-c2ccsc2C(=O)O)cs1. The van der Waals surface area contributed by atoms with Crippen molar-refractivity contribution in [2.45, 2.75) is 0 Å². The molecule has 0 aliphatic heterocycles. The number of methoxy groups -OCH3 is 1. The van der Waals surface area contributed by atoms with E-state index in [1.54, 1.807) is 16.8 Å². The molecule has 0 amide bonds. The Morgan fingerprint density at radius 3 is 2.93 bits per heavy atom. The van der Waals surface area contributed by atoms with Crippen LogP contribution in [0.5, 0.6) is 5.19 Å². The average Bonchev–Trinajstić information content (AvgIpc) is 2.85. The summed E-state index contributed by atoms with van der Waals surface area (Å²) in [4.78, 5) is 15.3. The lowest BCUT2D eigenvalue weighted by Gasteiger charge is -1.94. The number of thiophene rings is 1. The maximum atomic E-state index is 10.9. The van der Waals surface area contributed by atoms with Crippen LogP contribution in [0, 0.1) is 0 Å². The van der Waals surface area contributed by atoms with Crippen molar-refractivity contribution in [3.05, 3.63) is 21.7 Å². The van der Waals surface area contributed by atoms with Crippen LogP contribution in [0.1, 0.15) is 9.67 Å². The van der Waals surface area contributed by atoms with Gasteiger partial charge in [0.25, 0.3) is 5.19 Å². The van der Waals surface area contributed by atoms with Gasteiger partial charge in [-0.15, -0.1) is 11.3 Å². The lowest BCUT2D eigenvalue weighted by Crippen LogP contribution is -1.94. The summed E-state index contributed by atoms with van der Waals surface area (Å²) >= 11 is 2.54. The van der Waals surface area contributed by atoms with Crippen LogP contribution in [-0.4, -0.2) is 23.2 Å². The largest absolute Gasteiger partial charge is 0.477 e. The van der Waals surface area contributed by atoms with Gasteiger partial charge in [-0.2, -0.15) is 0 Å². The number of carboxylic acid groups (broad SMARTS) is 1. The molecule has 2 heterocycles. The fourth-order valence-corrected chi connectivity index (χ4v) is 2.53. The first-order valence-corrected chi connectivity index (χ1v) is 5.79. The Morgan fingerprint density at radius 1 is 1.53 bits per heavy atom. The molecule has 0 unspecified atom stereocenters. The molecule has 4 nitrogen and oxygen atoms in total. The fourth-order valence-electron chi connectivity index (χ4n) is 1.15. The van der Waals surface area contributed by atoms with Crippen molar-refractivity contribution in [1.29, 1.82) is 0 Å². The average molecular weight is 241 g/mol. The Labute approximate surface area is 93.8 Å². The van der Waals surface area contributed by atoms with E-state index in [9.17, 15) is 4.79 Å². The van der Waals surface area contributed by atoms with Crippen LogP contribution in [0.4, 0.5) is 0 Å². The van der Waals surface area contributed by atoms with Crippen molar-refractivity contribution in [2.24, 2.45) is 0 Å². The monoisotopic (exact) mass is 241 g/mol. The second-order valence-corrected chi connectivity index (χ2v) is 4.41. The van der Waals surface area contributed by atoms with E-state index in [4.69, 9.17) is 9.84 Å². The zero-order valence-corrected chi connectivity index (χ0v) is 9.39. The minimum absolute atomic E-state index is 0.308. The molecule has 0 saturated heterocycles. The molecule has 0 saturated carbocycles. The molecule has 0 atom stereocenters. The van der Waals surface area contributed by atoms with Gasteiger partial charge in [-0.25, -0.2) is 9.78 Å². The first-order chi connectivity index (χ1) is 7.22. The third kappa shape index (κ3) is 1.86. The molecule has 0 bridgehead atoms. The van der Waals surface area contributed by atoms with E-state index in [1.165, 1.54) is 29.8 Å². The molecule has 2 aromatic rings. The summed E-state index contributed by atoms with van der Waals surface area (Å²) in [6.45, 7) is 0. The van der Waals surface area contributed by atoms with Crippen LogP contribution < -0.4 is 4.74 Å². The van der Waals surface area contributed by atoms with Crippen molar-refractivity contribution < 1.29 is 14.6 Å². The Bertz CT molecular complexity index is 489. The Morgan fingerprint density at radius 2 is 2.33 bits per heavy atom. The molecule has 15 heavy (non-hydrogen) atoms. The maximum absolute atomic E-state index is 10.9. The van der Waals surface area contributed by atoms with Crippen LogP contribution in [0.15, 0.2) is 16.8 Å². The topological polar surface area (TPSA) is 59.4 Å². The third-order valence-electron chi connectivity index (χ3n) is 1.79. The van der Waals surface area contributed by atoms with Crippen LogP contribution in [-0.2, 0) is 0 Å². The summed E-state index contributed by atoms with van der Waals surface area (Å²) in [6.07, 6.45) is 0. The van der Waals surface area contributed by atoms with E-state index in [0.29, 0.717) is 21.3 Å². The van der Waals surface area contributed by atoms with Crippen molar-refractivity contribution in [1.82, 2.24) is 4.98 Å². The Hall–Kier alpha value is -1.40. The van der Waals surface area contributed by atoms with Gasteiger partial charge in [-0.3, -0.25) is 0 Å². The maximum Gasteiger partial charge on any atom is 0.346 e. The summed E-state index contributed by atoms with van der Waals surface area (Å²) in [5.41, 5.74) is 1.29. The lowest BCUT2D eigenvalue weighted by molar-refractivity contribution is 0.0703. The van der Waals surface area contributed by atoms with Gasteiger partial charge in [0.05, 0.1) is 12.8 Å². The molecule has 0 aliphatic rings. The van der Waals surface area contributed by atoms with Gasteiger partial charge in [-0.05, 0) is 11.4 Å². The zero-order valence-electron chi connectivity index (χ0n) is 7.76. The van der Waals surface area contributed by atoms with E-state index in [-0.39, 0.29) is 0 Å². The molecular weight excluding hydrogens is 234 g/mol. The Kier molecular flexibility index (Phi) is 2.70. The van der Waals surface area contributed by atoms with Crippen LogP contribution in [0.3, 0.4) is 0 Å². The summed E-state index contributed by atoms with van der Waals surface area (Å²) in [5, 5.41) is 13.0. The van der Waals surface area contributed by atoms with Crippen LogP contribution >= 0.6 is 22.7 Å². The van der Waals surface area contributed by atoms with E-state index in [1.807, 2.05) is 0 Å². The minimum Gasteiger partial charge on any atom is -0.477 e. The van der Waals surface area contributed by atoms with E-state index in [2.05, 4.69) is 4.98 Å². The lowest BCUT2D eigenvalue weighted by atomic mass is 10.2. The van der Waals surface area contributed by atoms with Gasteiger partial charge >= 0.3 is 5.97 Å². The number of aromatic nitrogens is 1. The van der Waals surface area contributed by atoms with Gasteiger partial charge in [0, 0.05) is 10.9 Å². The number of hydrogen-bond donors (Lipinski definition) is 1. The molecule has 2 rings (SSSR count).